The molecular weight excluding hydrogens is 174 g/mol. The van der Waals surface area contributed by atoms with E-state index in [1.54, 1.807) is 4.68 Å². The molecule has 1 atom stereocenters. The van der Waals surface area contributed by atoms with Crippen LogP contribution in [0.15, 0.2) is 0 Å². The summed E-state index contributed by atoms with van der Waals surface area (Å²) in [5.74, 6) is 0.573. The Labute approximate surface area is 77.5 Å². The van der Waals surface area contributed by atoms with E-state index in [0.717, 1.165) is 12.1 Å². The Kier molecular flexibility index (Phi) is 2.62. The maximum atomic E-state index is 5.89. The van der Waals surface area contributed by atoms with Gasteiger partial charge in [-0.1, -0.05) is 18.5 Å². The third-order valence-corrected chi connectivity index (χ3v) is 2.52. The predicted molar refractivity (Wildman–Crippen MR) is 51.4 cm³/mol. The van der Waals surface area contributed by atoms with E-state index < -0.39 is 0 Å². The molecule has 12 heavy (non-hydrogen) atoms. The molecule has 1 unspecified atom stereocenters. The minimum atomic E-state index is 0.316. The molecule has 0 fully saturated rings. The van der Waals surface area contributed by atoms with Crippen LogP contribution >= 0.6 is 11.6 Å². The monoisotopic (exact) mass is 187 g/mol. The van der Waals surface area contributed by atoms with Crippen molar-refractivity contribution in [2.45, 2.75) is 33.2 Å². The quantitative estimate of drug-likeness (QED) is 0.773. The Morgan fingerprint density at radius 1 is 1.67 bits per heavy atom. The van der Waals surface area contributed by atoms with E-state index in [9.17, 15) is 0 Å². The van der Waals surface area contributed by atoms with Gasteiger partial charge in [-0.15, -0.1) is 0 Å². The molecule has 4 heteroatoms. The average molecular weight is 188 g/mol. The van der Waals surface area contributed by atoms with Crippen LogP contribution < -0.4 is 5.73 Å². The highest BCUT2D eigenvalue weighted by Crippen LogP contribution is 2.25. The van der Waals surface area contributed by atoms with Crippen LogP contribution in [-0.2, 0) is 0 Å². The first kappa shape index (κ1) is 9.39. The smallest absolute Gasteiger partial charge is 0.141 e. The molecule has 0 aromatic carbocycles. The van der Waals surface area contributed by atoms with Crippen LogP contribution in [0.2, 0.25) is 5.02 Å². The molecule has 0 saturated carbocycles. The molecule has 0 radical (unpaired) electrons. The summed E-state index contributed by atoms with van der Waals surface area (Å²) in [6.07, 6.45) is 1.00. The number of hydrogen-bond donors (Lipinski definition) is 1. The molecule has 1 aromatic rings. The molecular formula is C8H14ClN3. The largest absolute Gasteiger partial charge is 0.383 e. The van der Waals surface area contributed by atoms with Crippen LogP contribution in [0.1, 0.15) is 32.0 Å². The average Bonchev–Trinajstić information content (AvgIpc) is 2.32. The Morgan fingerprint density at radius 2 is 2.25 bits per heavy atom. The number of rotatable bonds is 2. The lowest BCUT2D eigenvalue weighted by molar-refractivity contribution is 0.482. The molecule has 0 amide bonds. The van der Waals surface area contributed by atoms with Gasteiger partial charge in [-0.2, -0.15) is 5.10 Å². The third-order valence-electron chi connectivity index (χ3n) is 2.06. The van der Waals surface area contributed by atoms with Crippen molar-refractivity contribution in [2.24, 2.45) is 0 Å². The van der Waals surface area contributed by atoms with Gasteiger partial charge in [0.1, 0.15) is 10.8 Å². The van der Waals surface area contributed by atoms with E-state index in [0.29, 0.717) is 16.9 Å². The van der Waals surface area contributed by atoms with Crippen molar-refractivity contribution in [3.8, 4) is 0 Å². The van der Waals surface area contributed by atoms with Crippen molar-refractivity contribution in [2.75, 3.05) is 5.73 Å². The lowest BCUT2D eigenvalue weighted by Crippen LogP contribution is -2.09. The van der Waals surface area contributed by atoms with Crippen molar-refractivity contribution < 1.29 is 0 Å². The molecule has 0 aliphatic rings. The molecule has 1 rings (SSSR count). The number of anilines is 1. The van der Waals surface area contributed by atoms with Gasteiger partial charge in [0.05, 0.1) is 11.7 Å². The normalized spacial score (nSPS) is 13.3. The summed E-state index contributed by atoms with van der Waals surface area (Å²) in [7, 11) is 0. The Balaban J connectivity index is 3.08. The fraction of sp³-hybridized carbons (Fsp3) is 0.625. The number of halogens is 1. The van der Waals surface area contributed by atoms with Gasteiger partial charge in [0.15, 0.2) is 0 Å². The van der Waals surface area contributed by atoms with Crippen LogP contribution in [0.3, 0.4) is 0 Å². The lowest BCUT2D eigenvalue weighted by Gasteiger charge is -2.10. The van der Waals surface area contributed by atoms with Crippen molar-refractivity contribution in [3.63, 3.8) is 0 Å². The Hall–Kier alpha value is -0.700. The molecule has 0 bridgehead atoms. The van der Waals surface area contributed by atoms with E-state index in [4.69, 9.17) is 17.3 Å². The van der Waals surface area contributed by atoms with Crippen molar-refractivity contribution in [1.29, 1.82) is 0 Å². The molecule has 0 spiro atoms. The maximum Gasteiger partial charge on any atom is 0.141 e. The number of nitrogens with two attached hydrogens (primary N) is 1. The molecule has 68 valence electrons. The van der Waals surface area contributed by atoms with Gasteiger partial charge in [-0.3, -0.25) is 0 Å². The second kappa shape index (κ2) is 3.35. The molecule has 1 heterocycles. The topological polar surface area (TPSA) is 43.8 Å². The zero-order valence-electron chi connectivity index (χ0n) is 7.63. The van der Waals surface area contributed by atoms with E-state index >= 15 is 0 Å². The summed E-state index contributed by atoms with van der Waals surface area (Å²) < 4.78 is 1.78. The van der Waals surface area contributed by atoms with E-state index in [2.05, 4.69) is 18.9 Å². The summed E-state index contributed by atoms with van der Waals surface area (Å²) >= 11 is 5.89. The second-order valence-corrected chi connectivity index (χ2v) is 3.36. The summed E-state index contributed by atoms with van der Waals surface area (Å²) in [5, 5.41) is 4.82. The summed E-state index contributed by atoms with van der Waals surface area (Å²) in [6.45, 7) is 6.02. The third kappa shape index (κ3) is 1.41. The number of nitrogen functional groups attached to an aromatic ring is 1. The van der Waals surface area contributed by atoms with E-state index in [1.165, 1.54) is 0 Å². The maximum absolute atomic E-state index is 5.89. The highest BCUT2D eigenvalue weighted by Gasteiger charge is 2.13. The van der Waals surface area contributed by atoms with E-state index in [1.807, 2.05) is 6.92 Å². The van der Waals surface area contributed by atoms with Crippen LogP contribution in [0.4, 0.5) is 5.82 Å². The molecule has 1 aromatic heterocycles. The fourth-order valence-corrected chi connectivity index (χ4v) is 1.18. The van der Waals surface area contributed by atoms with Crippen molar-refractivity contribution in [3.05, 3.63) is 10.7 Å². The van der Waals surface area contributed by atoms with Gasteiger partial charge >= 0.3 is 0 Å². The lowest BCUT2D eigenvalue weighted by atomic mass is 10.3. The molecule has 0 aliphatic carbocycles. The SMILES string of the molecule is CCC(C)n1nc(C)c(Cl)c1N. The first-order valence-corrected chi connectivity index (χ1v) is 4.45. The number of aromatic nitrogens is 2. The Bertz CT molecular complexity index is 280. The van der Waals surface area contributed by atoms with Crippen LogP contribution in [0.5, 0.6) is 0 Å². The Morgan fingerprint density at radius 3 is 2.58 bits per heavy atom. The standard InChI is InChI=1S/C8H14ClN3/c1-4-5(2)12-8(10)7(9)6(3)11-12/h5H,4,10H2,1-3H3. The van der Waals surface area contributed by atoms with Crippen LogP contribution in [0.25, 0.3) is 0 Å². The van der Waals surface area contributed by atoms with E-state index in [-0.39, 0.29) is 0 Å². The molecule has 0 aliphatic heterocycles. The van der Waals surface area contributed by atoms with Crippen LogP contribution in [0, 0.1) is 6.92 Å². The number of hydrogen-bond acceptors (Lipinski definition) is 2. The van der Waals surface area contributed by atoms with Gasteiger partial charge in [-0.25, -0.2) is 4.68 Å². The highest BCUT2D eigenvalue weighted by atomic mass is 35.5. The van der Waals surface area contributed by atoms with Crippen molar-refractivity contribution in [1.82, 2.24) is 9.78 Å². The number of aryl methyl sites for hydroxylation is 1. The zero-order valence-corrected chi connectivity index (χ0v) is 8.39. The number of nitrogens with zero attached hydrogens (tertiary/aromatic N) is 2. The van der Waals surface area contributed by atoms with Gasteiger partial charge in [0.2, 0.25) is 0 Å². The first-order chi connectivity index (χ1) is 5.57. The molecule has 0 saturated heterocycles. The van der Waals surface area contributed by atoms with Gasteiger partial charge in [-0.05, 0) is 20.3 Å². The predicted octanol–water partition coefficient (Wildman–Crippen LogP) is 2.40. The minimum absolute atomic E-state index is 0.316. The summed E-state index contributed by atoms with van der Waals surface area (Å²) in [6, 6.07) is 0.316. The van der Waals surface area contributed by atoms with Crippen LogP contribution in [-0.4, -0.2) is 9.78 Å². The molecule has 3 nitrogen and oxygen atoms in total. The molecule has 2 N–H and O–H groups in total. The zero-order chi connectivity index (χ0) is 9.30. The van der Waals surface area contributed by atoms with Gasteiger partial charge < -0.3 is 5.73 Å². The minimum Gasteiger partial charge on any atom is -0.383 e. The summed E-state index contributed by atoms with van der Waals surface area (Å²) in [4.78, 5) is 0. The second-order valence-electron chi connectivity index (χ2n) is 2.99. The first-order valence-electron chi connectivity index (χ1n) is 4.08. The fourth-order valence-electron chi connectivity index (χ4n) is 1.05. The highest BCUT2D eigenvalue weighted by molar-refractivity contribution is 6.33. The van der Waals surface area contributed by atoms with Gasteiger partial charge in [0.25, 0.3) is 0 Å². The summed E-state index contributed by atoms with van der Waals surface area (Å²) in [5.41, 5.74) is 6.55. The van der Waals surface area contributed by atoms with Gasteiger partial charge in [0, 0.05) is 0 Å². The van der Waals surface area contributed by atoms with Crippen molar-refractivity contribution >= 4 is 17.4 Å².